The van der Waals surface area contributed by atoms with Crippen molar-refractivity contribution in [3.8, 4) is 17.0 Å². The standard InChI is InChI=1S/C27H33FN6O3/c1-27(2,37-5)22-16-33(14-13-32(22)3)18-11-9-17(10-12-18)24-25-20(29-30-24)15-23(35)34(31-25)26-19(28)7-6-8-21(26)36-4/h6-12,15,22-23,29,35H,13-14,16H2,1-5H3. The Hall–Kier alpha value is -3.47. The van der Waals surface area contributed by atoms with Crippen LogP contribution >= 0.6 is 0 Å². The maximum Gasteiger partial charge on any atom is 0.169 e. The van der Waals surface area contributed by atoms with Gasteiger partial charge >= 0.3 is 0 Å². The van der Waals surface area contributed by atoms with Crippen molar-refractivity contribution in [2.24, 2.45) is 5.10 Å². The lowest BCUT2D eigenvalue weighted by atomic mass is 9.94. The summed E-state index contributed by atoms with van der Waals surface area (Å²) in [6.07, 6.45) is 0.372. The molecule has 3 aromatic rings. The third kappa shape index (κ3) is 4.56. The molecule has 37 heavy (non-hydrogen) atoms. The van der Waals surface area contributed by atoms with Gasteiger partial charge in [0.15, 0.2) is 12.0 Å². The Morgan fingerprint density at radius 2 is 1.86 bits per heavy atom. The van der Waals surface area contributed by atoms with Crippen LogP contribution < -0.4 is 25.4 Å². The summed E-state index contributed by atoms with van der Waals surface area (Å²) in [5.74, 6) is -0.272. The van der Waals surface area contributed by atoms with Crippen molar-refractivity contribution >= 4 is 17.5 Å². The number of anilines is 2. The van der Waals surface area contributed by atoms with Gasteiger partial charge in [-0.05, 0) is 51.2 Å². The van der Waals surface area contributed by atoms with Crippen molar-refractivity contribution in [1.82, 2.24) is 15.1 Å². The van der Waals surface area contributed by atoms with Crippen molar-refractivity contribution in [2.75, 3.05) is 50.8 Å². The van der Waals surface area contributed by atoms with Gasteiger partial charge in [0.2, 0.25) is 0 Å². The molecular weight excluding hydrogens is 475 g/mol. The summed E-state index contributed by atoms with van der Waals surface area (Å²) in [6.45, 7) is 6.97. The van der Waals surface area contributed by atoms with E-state index in [9.17, 15) is 9.50 Å². The Morgan fingerprint density at radius 3 is 2.57 bits per heavy atom. The third-order valence-corrected chi connectivity index (χ3v) is 7.42. The van der Waals surface area contributed by atoms with Crippen LogP contribution in [0.3, 0.4) is 0 Å². The molecule has 5 rings (SSSR count). The predicted molar refractivity (Wildman–Crippen MR) is 140 cm³/mol. The summed E-state index contributed by atoms with van der Waals surface area (Å²) in [4.78, 5) is 4.73. The van der Waals surface area contributed by atoms with Crippen molar-refractivity contribution in [3.05, 3.63) is 59.0 Å². The number of ether oxygens (including phenoxy) is 2. The molecule has 2 aliphatic heterocycles. The fourth-order valence-electron chi connectivity index (χ4n) is 5.04. The minimum absolute atomic E-state index is 0.0606. The van der Waals surface area contributed by atoms with Crippen molar-refractivity contribution in [1.29, 1.82) is 0 Å². The number of halogens is 1. The second kappa shape index (κ2) is 9.77. The SMILES string of the molecule is COc1cccc(F)c1N1N=c2c(-c3ccc(N4CCN(C)C(C(C)(C)OC)C4)cc3)n[nH]c2=CC1O. The van der Waals surface area contributed by atoms with Gasteiger partial charge in [0.25, 0.3) is 0 Å². The van der Waals surface area contributed by atoms with E-state index in [4.69, 9.17) is 9.47 Å². The van der Waals surface area contributed by atoms with Gasteiger partial charge in [-0.2, -0.15) is 10.2 Å². The lowest BCUT2D eigenvalue weighted by Gasteiger charge is -2.47. The summed E-state index contributed by atoms with van der Waals surface area (Å²) in [7, 11) is 5.36. The van der Waals surface area contributed by atoms with Crippen LogP contribution in [-0.2, 0) is 4.74 Å². The number of likely N-dealkylation sites (N-methyl/N-ethyl adjacent to an activating group) is 1. The van der Waals surface area contributed by atoms with E-state index >= 15 is 0 Å². The van der Waals surface area contributed by atoms with Crippen LogP contribution in [0, 0.1) is 5.82 Å². The van der Waals surface area contributed by atoms with Gasteiger partial charge in [0, 0.05) is 38.0 Å². The maximum absolute atomic E-state index is 14.7. The maximum atomic E-state index is 14.7. The molecule has 2 unspecified atom stereocenters. The third-order valence-electron chi connectivity index (χ3n) is 7.42. The van der Waals surface area contributed by atoms with Crippen molar-refractivity contribution in [2.45, 2.75) is 31.7 Å². The molecule has 10 heteroatoms. The van der Waals surface area contributed by atoms with Gasteiger partial charge < -0.3 is 19.5 Å². The summed E-state index contributed by atoms with van der Waals surface area (Å²) < 4.78 is 25.8. The Labute approximate surface area is 215 Å². The van der Waals surface area contributed by atoms with E-state index in [-0.39, 0.29) is 23.1 Å². The number of H-pyrrole nitrogens is 1. The van der Waals surface area contributed by atoms with E-state index in [1.54, 1.807) is 25.3 Å². The topological polar surface area (TPSA) is 89.5 Å². The molecule has 0 saturated carbocycles. The van der Waals surface area contributed by atoms with E-state index < -0.39 is 12.0 Å². The minimum Gasteiger partial charge on any atom is -0.494 e. The van der Waals surface area contributed by atoms with Crippen LogP contribution in [0.5, 0.6) is 5.75 Å². The van der Waals surface area contributed by atoms with Crippen LogP contribution in [-0.4, -0.2) is 79.0 Å². The number of methoxy groups -OCH3 is 2. The molecule has 0 aliphatic carbocycles. The van der Waals surface area contributed by atoms with Crippen molar-refractivity contribution in [3.63, 3.8) is 0 Å². The van der Waals surface area contributed by atoms with Gasteiger partial charge in [0.1, 0.15) is 22.5 Å². The zero-order valence-corrected chi connectivity index (χ0v) is 21.8. The average Bonchev–Trinajstić information content (AvgIpc) is 3.31. The van der Waals surface area contributed by atoms with Crippen LogP contribution in [0.15, 0.2) is 47.6 Å². The molecule has 9 nitrogen and oxygen atoms in total. The first kappa shape index (κ1) is 25.2. The van der Waals surface area contributed by atoms with Gasteiger partial charge in [0.05, 0.1) is 24.1 Å². The molecule has 2 atom stereocenters. The highest BCUT2D eigenvalue weighted by atomic mass is 19.1. The molecule has 3 heterocycles. The first-order valence-corrected chi connectivity index (χ1v) is 12.3. The normalized spacial score (nSPS) is 20.3. The second-order valence-electron chi connectivity index (χ2n) is 9.95. The number of benzene rings is 2. The zero-order valence-electron chi connectivity index (χ0n) is 21.8. The van der Waals surface area contributed by atoms with Crippen LogP contribution in [0.1, 0.15) is 13.8 Å². The second-order valence-corrected chi connectivity index (χ2v) is 9.95. The Kier molecular flexibility index (Phi) is 6.65. The minimum atomic E-state index is -1.18. The molecule has 1 saturated heterocycles. The summed E-state index contributed by atoms with van der Waals surface area (Å²) in [5, 5.41) is 25.0. The average molecular weight is 509 g/mol. The number of aromatic nitrogens is 2. The predicted octanol–water partition coefficient (Wildman–Crippen LogP) is 1.92. The molecule has 2 N–H and O–H groups in total. The van der Waals surface area contributed by atoms with Gasteiger partial charge in [-0.3, -0.25) is 10.00 Å². The number of fused-ring (bicyclic) bond motifs is 1. The number of hydrogen-bond acceptors (Lipinski definition) is 8. The highest BCUT2D eigenvalue weighted by Crippen LogP contribution is 2.33. The van der Waals surface area contributed by atoms with Crippen LogP contribution in [0.4, 0.5) is 15.8 Å². The number of aromatic amines is 1. The highest BCUT2D eigenvalue weighted by molar-refractivity contribution is 5.66. The number of aliphatic hydroxyl groups is 1. The molecule has 2 aliphatic rings. The molecule has 1 aromatic heterocycles. The number of para-hydroxylation sites is 1. The number of hydrogen-bond donors (Lipinski definition) is 2. The smallest absolute Gasteiger partial charge is 0.169 e. The quantitative estimate of drug-likeness (QED) is 0.526. The van der Waals surface area contributed by atoms with Gasteiger partial charge in [-0.1, -0.05) is 18.2 Å². The lowest BCUT2D eigenvalue weighted by molar-refractivity contribution is -0.0487. The summed E-state index contributed by atoms with van der Waals surface area (Å²) >= 11 is 0. The van der Waals surface area contributed by atoms with E-state index in [0.29, 0.717) is 16.4 Å². The molecule has 2 aromatic carbocycles. The fourth-order valence-corrected chi connectivity index (χ4v) is 5.04. The molecule has 0 amide bonds. The number of piperazine rings is 1. The monoisotopic (exact) mass is 508 g/mol. The van der Waals surface area contributed by atoms with Gasteiger partial charge in [-0.25, -0.2) is 9.40 Å². The van der Waals surface area contributed by atoms with E-state index in [2.05, 4.69) is 58.1 Å². The number of rotatable bonds is 6. The first-order valence-electron chi connectivity index (χ1n) is 12.3. The van der Waals surface area contributed by atoms with E-state index in [1.807, 2.05) is 12.1 Å². The largest absolute Gasteiger partial charge is 0.494 e. The van der Waals surface area contributed by atoms with E-state index in [0.717, 1.165) is 30.9 Å². The molecule has 0 spiro atoms. The van der Waals surface area contributed by atoms with Crippen LogP contribution in [0.25, 0.3) is 17.3 Å². The van der Waals surface area contributed by atoms with E-state index in [1.165, 1.54) is 18.2 Å². The molecule has 0 bridgehead atoms. The lowest BCUT2D eigenvalue weighted by Crippen LogP contribution is -2.60. The summed E-state index contributed by atoms with van der Waals surface area (Å²) in [5.41, 5.74) is 2.39. The highest BCUT2D eigenvalue weighted by Gasteiger charge is 2.37. The first-order chi connectivity index (χ1) is 17.7. The molecular formula is C27H33FN6O3. The van der Waals surface area contributed by atoms with Gasteiger partial charge in [-0.15, -0.1) is 0 Å². The summed E-state index contributed by atoms with van der Waals surface area (Å²) in [6, 6.07) is 12.9. The number of nitrogens with zero attached hydrogens (tertiary/aromatic N) is 5. The molecule has 0 radical (unpaired) electrons. The zero-order chi connectivity index (χ0) is 26.3. The van der Waals surface area contributed by atoms with Crippen molar-refractivity contribution < 1.29 is 19.0 Å². The van der Waals surface area contributed by atoms with Crippen LogP contribution in [0.2, 0.25) is 0 Å². The molecule has 196 valence electrons. The molecule has 1 fully saturated rings. The Morgan fingerprint density at radius 1 is 1.11 bits per heavy atom. The Balaban J connectivity index is 1.46. The number of nitrogens with one attached hydrogen (secondary N) is 1. The number of aliphatic hydroxyl groups excluding tert-OH is 1. The fraction of sp³-hybridized carbons (Fsp3) is 0.407. The Bertz CT molecular complexity index is 1390.